The number of hydrogen-bond acceptors (Lipinski definition) is 1. The number of hydrogen-bond donors (Lipinski definition) is 1. The number of aryl methyl sites for hydroxylation is 1. The van der Waals surface area contributed by atoms with E-state index in [0.717, 1.165) is 43.6 Å². The molecule has 1 aromatic carbocycles. The van der Waals surface area contributed by atoms with Crippen LogP contribution in [0.2, 0.25) is 0 Å². The number of unbranched alkanes of at least 4 members (excludes halogenated alkanes) is 2. The fraction of sp³-hybridized carbons (Fsp3) is 0.667. The Kier molecular flexibility index (Phi) is 6.68. The molecule has 0 aromatic heterocycles. The van der Waals surface area contributed by atoms with E-state index < -0.39 is 11.4 Å². The first-order valence-electron chi connectivity index (χ1n) is 9.45. The smallest absolute Gasteiger partial charge is 0.314 e. The zero-order valence-corrected chi connectivity index (χ0v) is 14.8. The summed E-state index contributed by atoms with van der Waals surface area (Å²) >= 11 is 0. The normalized spacial score (nSPS) is 24.5. The van der Waals surface area contributed by atoms with Crippen molar-refractivity contribution in [2.45, 2.75) is 83.5 Å². The van der Waals surface area contributed by atoms with Crippen LogP contribution in [0.15, 0.2) is 24.3 Å². The van der Waals surface area contributed by atoms with E-state index in [1.807, 2.05) is 0 Å². The van der Waals surface area contributed by atoms with Gasteiger partial charge in [-0.2, -0.15) is 0 Å². The van der Waals surface area contributed by atoms with Gasteiger partial charge in [0.25, 0.3) is 0 Å². The van der Waals surface area contributed by atoms with Gasteiger partial charge in [-0.25, -0.2) is 0 Å². The van der Waals surface area contributed by atoms with E-state index in [2.05, 4.69) is 38.1 Å². The van der Waals surface area contributed by atoms with Crippen LogP contribution in [0.25, 0.3) is 0 Å². The summed E-state index contributed by atoms with van der Waals surface area (Å²) in [5.74, 6) is 0.0963. The largest absolute Gasteiger partial charge is 0.481 e. The van der Waals surface area contributed by atoms with Crippen molar-refractivity contribution in [3.8, 4) is 0 Å². The molecule has 1 fully saturated rings. The maximum absolute atomic E-state index is 12.1. The molecule has 0 saturated heterocycles. The van der Waals surface area contributed by atoms with Crippen LogP contribution in [0.4, 0.5) is 0 Å². The summed E-state index contributed by atoms with van der Waals surface area (Å²) in [5, 5.41) is 9.92. The minimum absolute atomic E-state index is 0.632. The first-order chi connectivity index (χ1) is 11.1. The molecule has 23 heavy (non-hydrogen) atoms. The third-order valence-corrected chi connectivity index (χ3v) is 5.66. The van der Waals surface area contributed by atoms with Gasteiger partial charge >= 0.3 is 5.97 Å². The fourth-order valence-electron chi connectivity index (χ4n) is 3.95. The maximum atomic E-state index is 12.1. The molecule has 0 spiro atoms. The Morgan fingerprint density at radius 3 is 2.22 bits per heavy atom. The van der Waals surface area contributed by atoms with Gasteiger partial charge in [-0.1, -0.05) is 63.8 Å². The molecular formula is C21H32O2. The molecule has 0 atom stereocenters. The first-order valence-corrected chi connectivity index (χ1v) is 9.45. The second kappa shape index (κ2) is 8.52. The van der Waals surface area contributed by atoms with Gasteiger partial charge in [-0.05, 0) is 55.6 Å². The van der Waals surface area contributed by atoms with Gasteiger partial charge in [0.2, 0.25) is 0 Å². The lowest BCUT2D eigenvalue weighted by molar-refractivity contribution is -0.145. The minimum atomic E-state index is -0.647. The van der Waals surface area contributed by atoms with Gasteiger partial charge in [0.05, 0.1) is 5.41 Å². The molecule has 1 N–H and O–H groups in total. The highest BCUT2D eigenvalue weighted by Crippen LogP contribution is 2.43. The molecule has 128 valence electrons. The van der Waals surface area contributed by atoms with Crippen LogP contribution >= 0.6 is 0 Å². The zero-order chi connectivity index (χ0) is 16.7. The summed E-state index contributed by atoms with van der Waals surface area (Å²) in [6, 6.07) is 8.43. The van der Waals surface area contributed by atoms with Crippen molar-refractivity contribution in [1.29, 1.82) is 0 Å². The number of carboxylic acids is 1. The Bertz CT molecular complexity index is 481. The Hall–Kier alpha value is -1.31. The van der Waals surface area contributed by atoms with Crippen molar-refractivity contribution >= 4 is 5.97 Å². The molecule has 0 radical (unpaired) electrons. The van der Waals surface area contributed by atoms with E-state index in [-0.39, 0.29) is 0 Å². The summed E-state index contributed by atoms with van der Waals surface area (Å²) in [7, 11) is 0. The van der Waals surface area contributed by atoms with Crippen LogP contribution in [0, 0.1) is 5.92 Å². The van der Waals surface area contributed by atoms with E-state index in [1.54, 1.807) is 0 Å². The molecule has 1 aliphatic rings. The lowest BCUT2D eigenvalue weighted by atomic mass is 9.66. The van der Waals surface area contributed by atoms with Crippen molar-refractivity contribution in [2.75, 3.05) is 0 Å². The van der Waals surface area contributed by atoms with E-state index in [9.17, 15) is 9.90 Å². The molecule has 1 saturated carbocycles. The van der Waals surface area contributed by atoms with E-state index in [1.165, 1.54) is 37.7 Å². The average Bonchev–Trinajstić information content (AvgIpc) is 2.59. The third-order valence-electron chi connectivity index (χ3n) is 5.66. The van der Waals surface area contributed by atoms with Crippen LogP contribution in [0.5, 0.6) is 0 Å². The Labute approximate surface area is 141 Å². The molecule has 0 aliphatic heterocycles. The summed E-state index contributed by atoms with van der Waals surface area (Å²) in [6.45, 7) is 4.43. The Morgan fingerprint density at radius 2 is 1.70 bits per heavy atom. The van der Waals surface area contributed by atoms with Crippen LogP contribution in [-0.4, -0.2) is 11.1 Å². The highest BCUT2D eigenvalue weighted by atomic mass is 16.4. The van der Waals surface area contributed by atoms with Crippen molar-refractivity contribution in [2.24, 2.45) is 5.92 Å². The molecule has 2 rings (SSSR count). The number of benzene rings is 1. The fourth-order valence-corrected chi connectivity index (χ4v) is 3.95. The summed E-state index contributed by atoms with van der Waals surface area (Å²) in [4.78, 5) is 12.1. The predicted octanol–water partition coefficient (Wildman–Crippen LogP) is 5.73. The molecule has 1 aliphatic carbocycles. The van der Waals surface area contributed by atoms with Crippen molar-refractivity contribution in [3.63, 3.8) is 0 Å². The second-order valence-electron chi connectivity index (χ2n) is 7.27. The molecule has 1 aromatic rings. The van der Waals surface area contributed by atoms with Gasteiger partial charge in [-0.3, -0.25) is 4.79 Å². The number of aliphatic carboxylic acids is 1. The van der Waals surface area contributed by atoms with Crippen molar-refractivity contribution in [1.82, 2.24) is 0 Å². The van der Waals surface area contributed by atoms with Gasteiger partial charge < -0.3 is 5.11 Å². The molecule has 2 heteroatoms. The third kappa shape index (κ3) is 4.37. The first kappa shape index (κ1) is 18.0. The average molecular weight is 316 g/mol. The number of carboxylic acid groups (broad SMARTS) is 1. The molecule has 0 unspecified atom stereocenters. The predicted molar refractivity (Wildman–Crippen MR) is 95.9 cm³/mol. The van der Waals surface area contributed by atoms with Crippen LogP contribution in [-0.2, 0) is 16.6 Å². The van der Waals surface area contributed by atoms with Crippen LogP contribution < -0.4 is 0 Å². The van der Waals surface area contributed by atoms with Crippen LogP contribution in [0.1, 0.15) is 82.8 Å². The minimum Gasteiger partial charge on any atom is -0.481 e. The molecular weight excluding hydrogens is 284 g/mol. The molecule has 0 heterocycles. The summed E-state index contributed by atoms with van der Waals surface area (Å²) in [6.07, 6.45) is 11.0. The summed E-state index contributed by atoms with van der Waals surface area (Å²) in [5.41, 5.74) is 1.69. The Balaban J connectivity index is 2.08. The van der Waals surface area contributed by atoms with Gasteiger partial charge in [0, 0.05) is 0 Å². The van der Waals surface area contributed by atoms with E-state index >= 15 is 0 Å². The lowest BCUT2D eigenvalue weighted by Gasteiger charge is -2.37. The van der Waals surface area contributed by atoms with Crippen molar-refractivity contribution < 1.29 is 9.90 Å². The number of carbonyl (C=O) groups is 1. The molecule has 2 nitrogen and oxygen atoms in total. The van der Waals surface area contributed by atoms with Gasteiger partial charge in [0.15, 0.2) is 0 Å². The maximum Gasteiger partial charge on any atom is 0.314 e. The molecule has 0 amide bonds. The SMILES string of the molecule is CCCCc1ccc(C2(C(=O)O)CCC(CCCC)CC2)cc1. The van der Waals surface area contributed by atoms with Gasteiger partial charge in [-0.15, -0.1) is 0 Å². The highest BCUT2D eigenvalue weighted by molar-refractivity contribution is 5.81. The second-order valence-corrected chi connectivity index (χ2v) is 7.27. The molecule has 0 bridgehead atoms. The summed E-state index contributed by atoms with van der Waals surface area (Å²) < 4.78 is 0. The van der Waals surface area contributed by atoms with Gasteiger partial charge in [0.1, 0.15) is 0 Å². The van der Waals surface area contributed by atoms with Crippen molar-refractivity contribution in [3.05, 3.63) is 35.4 Å². The lowest BCUT2D eigenvalue weighted by Crippen LogP contribution is -2.39. The monoisotopic (exact) mass is 316 g/mol. The topological polar surface area (TPSA) is 37.3 Å². The van der Waals surface area contributed by atoms with Crippen LogP contribution in [0.3, 0.4) is 0 Å². The highest BCUT2D eigenvalue weighted by Gasteiger charge is 2.43. The number of rotatable bonds is 8. The van der Waals surface area contributed by atoms with E-state index in [0.29, 0.717) is 0 Å². The standard InChI is InChI=1S/C21H32O2/c1-3-5-7-17-9-11-19(12-10-17)21(20(22)23)15-13-18(14-16-21)8-6-4-2/h9-12,18H,3-8,13-16H2,1-2H3,(H,22,23). The Morgan fingerprint density at radius 1 is 1.09 bits per heavy atom. The van der Waals surface area contributed by atoms with E-state index in [4.69, 9.17) is 0 Å². The zero-order valence-electron chi connectivity index (χ0n) is 14.8. The quantitative estimate of drug-likeness (QED) is 0.664.